The zero-order valence-corrected chi connectivity index (χ0v) is 21.9. The number of hydrogen-bond donors (Lipinski definition) is 0. The molecule has 6 nitrogen and oxygen atoms in total. The summed E-state index contributed by atoms with van der Waals surface area (Å²) in [6.07, 6.45) is 1.97. The standard InChI is InChI=1S/C34H22N6/c1-22(19-35)31-27-15-9-10-16-28(27)32(24(20-36)21-37)29(31)17-26-18-30-34(40(26)25-13-7-4-8-14-25)38-33(39(30)2)23-11-5-3-6-12-23/h3-18H,1-2H3/b29-17-,31-22?. The van der Waals surface area contributed by atoms with Gasteiger partial charge in [-0.25, -0.2) is 4.98 Å². The predicted octanol–water partition coefficient (Wildman–Crippen LogP) is 7.23. The van der Waals surface area contributed by atoms with E-state index in [0.717, 1.165) is 50.6 Å². The summed E-state index contributed by atoms with van der Waals surface area (Å²) in [5, 5.41) is 29.8. The quantitative estimate of drug-likeness (QED) is 0.237. The smallest absolute Gasteiger partial charge is 0.164 e. The van der Waals surface area contributed by atoms with E-state index in [2.05, 4.69) is 33.4 Å². The number of benzene rings is 3. The lowest BCUT2D eigenvalue weighted by Gasteiger charge is -2.10. The first-order valence-corrected chi connectivity index (χ1v) is 12.7. The fourth-order valence-electron chi connectivity index (χ4n) is 5.44. The van der Waals surface area contributed by atoms with Gasteiger partial charge in [0, 0.05) is 35.0 Å². The maximum atomic E-state index is 9.93. The first kappa shape index (κ1) is 24.4. The van der Waals surface area contributed by atoms with E-state index in [1.165, 1.54) is 0 Å². The lowest BCUT2D eigenvalue weighted by atomic mass is 9.96. The Balaban J connectivity index is 1.70. The van der Waals surface area contributed by atoms with Crippen LogP contribution in [0.2, 0.25) is 0 Å². The largest absolute Gasteiger partial charge is 0.326 e. The molecule has 0 saturated heterocycles. The Hall–Kier alpha value is -5.90. The fraction of sp³-hybridized carbons (Fsp3) is 0.0588. The van der Waals surface area contributed by atoms with Gasteiger partial charge in [-0.05, 0) is 47.9 Å². The zero-order chi connectivity index (χ0) is 27.8. The number of allylic oxidation sites excluding steroid dienone is 5. The van der Waals surface area contributed by atoms with Crippen LogP contribution in [0.1, 0.15) is 23.7 Å². The molecule has 0 N–H and O–H groups in total. The van der Waals surface area contributed by atoms with Crippen molar-refractivity contribution in [2.75, 3.05) is 0 Å². The molecule has 6 rings (SSSR count). The molecule has 2 aromatic heterocycles. The third-order valence-electron chi connectivity index (χ3n) is 7.23. The van der Waals surface area contributed by atoms with Crippen LogP contribution in [-0.2, 0) is 7.05 Å². The molecule has 0 radical (unpaired) electrons. The number of fused-ring (bicyclic) bond motifs is 2. The van der Waals surface area contributed by atoms with Gasteiger partial charge >= 0.3 is 0 Å². The molecule has 40 heavy (non-hydrogen) atoms. The number of aryl methyl sites for hydroxylation is 1. The second-order valence-corrected chi connectivity index (χ2v) is 9.50. The average molecular weight is 515 g/mol. The van der Waals surface area contributed by atoms with E-state index >= 15 is 0 Å². The van der Waals surface area contributed by atoms with Crippen LogP contribution in [0.4, 0.5) is 0 Å². The number of nitriles is 3. The second-order valence-electron chi connectivity index (χ2n) is 9.50. The SMILES string of the molecule is CC(C#N)=C1/C(=C/c2cc3c(nc(-c4ccccc4)n3C)n2-c2ccccc2)C(=C(C#N)C#N)c2ccccc21. The van der Waals surface area contributed by atoms with E-state index in [4.69, 9.17) is 4.98 Å². The molecule has 0 amide bonds. The Morgan fingerprint density at radius 2 is 1.38 bits per heavy atom. The van der Waals surface area contributed by atoms with Crippen LogP contribution in [0.15, 0.2) is 108 Å². The van der Waals surface area contributed by atoms with Crippen molar-refractivity contribution in [3.63, 3.8) is 0 Å². The minimum Gasteiger partial charge on any atom is -0.326 e. The van der Waals surface area contributed by atoms with Crippen LogP contribution in [0.25, 0.3) is 45.5 Å². The van der Waals surface area contributed by atoms with Crippen molar-refractivity contribution in [3.8, 4) is 35.3 Å². The normalized spacial score (nSPS) is 14.5. The van der Waals surface area contributed by atoms with Crippen molar-refractivity contribution >= 4 is 28.4 Å². The van der Waals surface area contributed by atoms with Gasteiger partial charge in [0.25, 0.3) is 0 Å². The number of nitrogens with zero attached hydrogens (tertiary/aromatic N) is 6. The lowest BCUT2D eigenvalue weighted by molar-refractivity contribution is 0.957. The number of imidazole rings is 1. The third-order valence-corrected chi connectivity index (χ3v) is 7.23. The lowest BCUT2D eigenvalue weighted by Crippen LogP contribution is -1.99. The van der Waals surface area contributed by atoms with Crippen molar-refractivity contribution in [1.29, 1.82) is 15.8 Å². The van der Waals surface area contributed by atoms with Crippen molar-refractivity contribution in [2.24, 2.45) is 7.05 Å². The molecule has 1 aliphatic rings. The molecule has 0 aliphatic heterocycles. The summed E-state index contributed by atoms with van der Waals surface area (Å²) in [5.74, 6) is 0.848. The van der Waals surface area contributed by atoms with Gasteiger partial charge in [-0.3, -0.25) is 4.57 Å². The summed E-state index contributed by atoms with van der Waals surface area (Å²) in [6, 6.07) is 36.1. The fourth-order valence-corrected chi connectivity index (χ4v) is 5.44. The molecular formula is C34H22N6. The van der Waals surface area contributed by atoms with Crippen molar-refractivity contribution in [3.05, 3.63) is 125 Å². The maximum Gasteiger partial charge on any atom is 0.164 e. The summed E-state index contributed by atoms with van der Waals surface area (Å²) in [6.45, 7) is 1.77. The van der Waals surface area contributed by atoms with Crippen LogP contribution in [0, 0.1) is 34.0 Å². The summed E-state index contributed by atoms with van der Waals surface area (Å²) < 4.78 is 4.15. The molecule has 2 heterocycles. The van der Waals surface area contributed by atoms with Gasteiger partial charge in [0.15, 0.2) is 5.65 Å². The van der Waals surface area contributed by atoms with E-state index in [1.54, 1.807) is 6.92 Å². The molecular weight excluding hydrogens is 492 g/mol. The molecule has 5 aromatic rings. The van der Waals surface area contributed by atoms with E-state index in [1.807, 2.05) is 98.1 Å². The second kappa shape index (κ2) is 9.76. The molecule has 3 aromatic carbocycles. The molecule has 0 atom stereocenters. The van der Waals surface area contributed by atoms with Gasteiger partial charge in [-0.1, -0.05) is 72.8 Å². The summed E-state index contributed by atoms with van der Waals surface area (Å²) >= 11 is 0. The van der Waals surface area contributed by atoms with E-state index < -0.39 is 0 Å². The summed E-state index contributed by atoms with van der Waals surface area (Å²) in [5.41, 5.74) is 8.50. The Labute approximate surface area is 231 Å². The van der Waals surface area contributed by atoms with Gasteiger partial charge in [0.05, 0.1) is 17.3 Å². The minimum absolute atomic E-state index is 0.00583. The van der Waals surface area contributed by atoms with Crippen molar-refractivity contribution in [1.82, 2.24) is 14.1 Å². The number of rotatable bonds is 3. The van der Waals surface area contributed by atoms with Crippen LogP contribution in [0.3, 0.4) is 0 Å². The van der Waals surface area contributed by atoms with Gasteiger partial charge in [-0.15, -0.1) is 0 Å². The Bertz CT molecular complexity index is 2010. The highest BCUT2D eigenvalue weighted by Gasteiger charge is 2.31. The molecule has 0 fully saturated rings. The topological polar surface area (TPSA) is 94.1 Å². The molecule has 0 bridgehead atoms. The maximum absolute atomic E-state index is 9.93. The predicted molar refractivity (Wildman–Crippen MR) is 156 cm³/mol. The zero-order valence-electron chi connectivity index (χ0n) is 21.9. The van der Waals surface area contributed by atoms with Crippen molar-refractivity contribution in [2.45, 2.75) is 6.92 Å². The van der Waals surface area contributed by atoms with Crippen LogP contribution < -0.4 is 0 Å². The Morgan fingerprint density at radius 3 is 2.00 bits per heavy atom. The minimum atomic E-state index is 0.00583. The first-order chi connectivity index (χ1) is 19.6. The highest BCUT2D eigenvalue weighted by Crippen LogP contribution is 2.49. The molecule has 0 spiro atoms. The highest BCUT2D eigenvalue weighted by molar-refractivity contribution is 6.14. The van der Waals surface area contributed by atoms with Crippen molar-refractivity contribution < 1.29 is 0 Å². The van der Waals surface area contributed by atoms with Gasteiger partial charge < -0.3 is 4.57 Å². The van der Waals surface area contributed by atoms with E-state index in [0.29, 0.717) is 16.7 Å². The number of para-hydroxylation sites is 1. The monoisotopic (exact) mass is 514 g/mol. The van der Waals surface area contributed by atoms with Crippen LogP contribution in [-0.4, -0.2) is 14.1 Å². The third kappa shape index (κ3) is 3.74. The average Bonchev–Trinajstić information content (AvgIpc) is 3.63. The van der Waals surface area contributed by atoms with Gasteiger partial charge in [-0.2, -0.15) is 15.8 Å². The highest BCUT2D eigenvalue weighted by atomic mass is 15.2. The molecule has 0 saturated carbocycles. The summed E-state index contributed by atoms with van der Waals surface area (Å²) in [4.78, 5) is 5.07. The molecule has 1 aliphatic carbocycles. The van der Waals surface area contributed by atoms with Crippen LogP contribution in [0.5, 0.6) is 0 Å². The molecule has 6 heteroatoms. The first-order valence-electron chi connectivity index (χ1n) is 12.7. The van der Waals surface area contributed by atoms with Gasteiger partial charge in [0.2, 0.25) is 0 Å². The summed E-state index contributed by atoms with van der Waals surface area (Å²) in [7, 11) is 2.00. The van der Waals surface area contributed by atoms with E-state index in [9.17, 15) is 15.8 Å². The number of hydrogen-bond acceptors (Lipinski definition) is 4. The Kier molecular flexibility index (Phi) is 5.97. The number of aromatic nitrogens is 3. The Morgan fingerprint density at radius 1 is 0.775 bits per heavy atom. The van der Waals surface area contributed by atoms with Gasteiger partial charge in [0.1, 0.15) is 23.5 Å². The van der Waals surface area contributed by atoms with Crippen LogP contribution >= 0.6 is 0 Å². The molecule has 188 valence electrons. The molecule has 0 unspecified atom stereocenters. The van der Waals surface area contributed by atoms with E-state index in [-0.39, 0.29) is 5.57 Å².